The molecule has 1 atom stereocenters. The van der Waals surface area contributed by atoms with E-state index in [1.54, 1.807) is 0 Å². The average molecular weight is 306 g/mol. The second-order valence-corrected chi connectivity index (χ2v) is 6.72. The SMILES string of the molecule is CSCC1CCN([C@H](C)C(=O)NCc2ccccc2)CC1. The smallest absolute Gasteiger partial charge is 0.237 e. The highest BCUT2D eigenvalue weighted by Crippen LogP contribution is 2.21. The minimum absolute atomic E-state index is 0.0241. The number of nitrogens with one attached hydrogen (secondary N) is 1. The van der Waals surface area contributed by atoms with Crippen LogP contribution in [0.5, 0.6) is 0 Å². The van der Waals surface area contributed by atoms with Crippen LogP contribution < -0.4 is 5.32 Å². The molecule has 3 nitrogen and oxygen atoms in total. The number of thioether (sulfide) groups is 1. The molecule has 0 spiro atoms. The Morgan fingerprint density at radius 2 is 2.00 bits per heavy atom. The van der Waals surface area contributed by atoms with Crippen LogP contribution >= 0.6 is 11.8 Å². The quantitative estimate of drug-likeness (QED) is 0.877. The molecule has 0 saturated carbocycles. The van der Waals surface area contributed by atoms with Gasteiger partial charge in [-0.05, 0) is 56.3 Å². The third kappa shape index (κ3) is 5.04. The van der Waals surface area contributed by atoms with Gasteiger partial charge in [0, 0.05) is 6.54 Å². The van der Waals surface area contributed by atoms with Crippen molar-refractivity contribution in [1.82, 2.24) is 10.2 Å². The summed E-state index contributed by atoms with van der Waals surface area (Å²) in [5.74, 6) is 2.22. The number of likely N-dealkylation sites (tertiary alicyclic amines) is 1. The number of rotatable bonds is 6. The molecule has 1 aromatic rings. The maximum absolute atomic E-state index is 12.3. The number of benzene rings is 1. The molecule has 1 saturated heterocycles. The Labute approximate surface area is 132 Å². The lowest BCUT2D eigenvalue weighted by atomic mass is 9.98. The molecular weight excluding hydrogens is 280 g/mol. The van der Waals surface area contributed by atoms with Gasteiger partial charge in [0.25, 0.3) is 0 Å². The van der Waals surface area contributed by atoms with Crippen LogP contribution in [0.2, 0.25) is 0 Å². The summed E-state index contributed by atoms with van der Waals surface area (Å²) in [6.45, 7) is 4.73. The van der Waals surface area contributed by atoms with Crippen LogP contribution in [0.3, 0.4) is 0 Å². The number of piperidine rings is 1. The van der Waals surface area contributed by atoms with E-state index in [9.17, 15) is 4.79 Å². The predicted octanol–water partition coefficient (Wildman–Crippen LogP) is 2.77. The summed E-state index contributed by atoms with van der Waals surface area (Å²) in [5.41, 5.74) is 1.15. The molecule has 4 heteroatoms. The minimum atomic E-state index is -0.0241. The van der Waals surface area contributed by atoms with E-state index in [-0.39, 0.29) is 11.9 Å². The molecule has 0 aliphatic carbocycles. The molecular formula is C17H26N2OS. The molecule has 1 heterocycles. The topological polar surface area (TPSA) is 32.3 Å². The van der Waals surface area contributed by atoms with E-state index < -0.39 is 0 Å². The van der Waals surface area contributed by atoms with Crippen LogP contribution in [-0.2, 0) is 11.3 Å². The molecule has 0 bridgehead atoms. The van der Waals surface area contributed by atoms with Gasteiger partial charge < -0.3 is 5.32 Å². The third-order valence-corrected chi connectivity index (χ3v) is 5.09. The van der Waals surface area contributed by atoms with Crippen molar-refractivity contribution in [2.45, 2.75) is 32.4 Å². The number of hydrogen-bond acceptors (Lipinski definition) is 3. The lowest BCUT2D eigenvalue weighted by molar-refractivity contribution is -0.126. The lowest BCUT2D eigenvalue weighted by Crippen LogP contribution is -2.48. The molecule has 2 rings (SSSR count). The summed E-state index contributed by atoms with van der Waals surface area (Å²) in [4.78, 5) is 14.6. The summed E-state index contributed by atoms with van der Waals surface area (Å²) in [7, 11) is 0. The fourth-order valence-corrected chi connectivity index (χ4v) is 3.65. The number of hydrogen-bond donors (Lipinski definition) is 1. The Kier molecular flexibility index (Phi) is 6.58. The zero-order chi connectivity index (χ0) is 15.1. The molecule has 1 aliphatic heterocycles. The molecule has 1 aromatic carbocycles. The van der Waals surface area contributed by atoms with Crippen LogP contribution in [0.15, 0.2) is 30.3 Å². The van der Waals surface area contributed by atoms with E-state index in [1.165, 1.54) is 18.6 Å². The van der Waals surface area contributed by atoms with Crippen molar-refractivity contribution >= 4 is 17.7 Å². The number of carbonyl (C=O) groups excluding carboxylic acids is 1. The Balaban J connectivity index is 1.75. The monoisotopic (exact) mass is 306 g/mol. The first-order valence-corrected chi connectivity index (χ1v) is 9.14. The largest absolute Gasteiger partial charge is 0.351 e. The van der Waals surface area contributed by atoms with E-state index in [0.717, 1.165) is 24.6 Å². The van der Waals surface area contributed by atoms with E-state index in [4.69, 9.17) is 0 Å². The molecule has 1 N–H and O–H groups in total. The molecule has 0 aromatic heterocycles. The van der Waals surface area contributed by atoms with E-state index >= 15 is 0 Å². The van der Waals surface area contributed by atoms with Crippen molar-refractivity contribution < 1.29 is 4.79 Å². The van der Waals surface area contributed by atoms with Crippen molar-refractivity contribution in [2.24, 2.45) is 5.92 Å². The minimum Gasteiger partial charge on any atom is -0.351 e. The number of amides is 1. The van der Waals surface area contributed by atoms with Crippen molar-refractivity contribution in [1.29, 1.82) is 0 Å². The molecule has 1 amide bonds. The molecule has 21 heavy (non-hydrogen) atoms. The maximum atomic E-state index is 12.3. The van der Waals surface area contributed by atoms with Crippen LogP contribution in [0, 0.1) is 5.92 Å². The van der Waals surface area contributed by atoms with Gasteiger partial charge in [0.05, 0.1) is 6.04 Å². The summed E-state index contributed by atoms with van der Waals surface area (Å²) in [6.07, 6.45) is 4.61. The van der Waals surface area contributed by atoms with Gasteiger partial charge in [-0.25, -0.2) is 0 Å². The van der Waals surface area contributed by atoms with Gasteiger partial charge in [0.2, 0.25) is 5.91 Å². The van der Waals surface area contributed by atoms with Gasteiger partial charge in [-0.3, -0.25) is 9.69 Å². The molecule has 0 unspecified atom stereocenters. The first-order valence-electron chi connectivity index (χ1n) is 7.75. The highest BCUT2D eigenvalue weighted by atomic mass is 32.2. The van der Waals surface area contributed by atoms with Crippen molar-refractivity contribution in [3.8, 4) is 0 Å². The van der Waals surface area contributed by atoms with Gasteiger partial charge in [0.1, 0.15) is 0 Å². The van der Waals surface area contributed by atoms with E-state index in [2.05, 4.69) is 16.5 Å². The van der Waals surface area contributed by atoms with Crippen LogP contribution in [0.4, 0.5) is 0 Å². The predicted molar refractivity (Wildman–Crippen MR) is 90.4 cm³/mol. The van der Waals surface area contributed by atoms with Crippen LogP contribution in [0.25, 0.3) is 0 Å². The van der Waals surface area contributed by atoms with Crippen LogP contribution in [-0.4, -0.2) is 41.9 Å². The normalized spacial score (nSPS) is 18.4. The van der Waals surface area contributed by atoms with Gasteiger partial charge in [-0.2, -0.15) is 11.8 Å². The average Bonchev–Trinajstić information content (AvgIpc) is 2.54. The van der Waals surface area contributed by atoms with Gasteiger partial charge in [-0.15, -0.1) is 0 Å². The Morgan fingerprint density at radius 3 is 2.62 bits per heavy atom. The maximum Gasteiger partial charge on any atom is 0.237 e. The number of carbonyl (C=O) groups is 1. The highest BCUT2D eigenvalue weighted by Gasteiger charge is 2.26. The molecule has 1 aliphatic rings. The van der Waals surface area contributed by atoms with E-state index in [1.807, 2.05) is 49.0 Å². The Morgan fingerprint density at radius 1 is 1.33 bits per heavy atom. The number of nitrogens with zero attached hydrogens (tertiary/aromatic N) is 1. The van der Waals surface area contributed by atoms with Crippen molar-refractivity contribution in [3.05, 3.63) is 35.9 Å². The van der Waals surface area contributed by atoms with Crippen molar-refractivity contribution in [2.75, 3.05) is 25.1 Å². The summed E-state index contributed by atoms with van der Waals surface area (Å²) in [6, 6.07) is 10.1. The second kappa shape index (κ2) is 8.44. The fourth-order valence-electron chi connectivity index (χ4n) is 2.84. The zero-order valence-electron chi connectivity index (χ0n) is 13.0. The van der Waals surface area contributed by atoms with Crippen LogP contribution in [0.1, 0.15) is 25.3 Å². The van der Waals surface area contributed by atoms with Crippen molar-refractivity contribution in [3.63, 3.8) is 0 Å². The summed E-state index contributed by atoms with van der Waals surface area (Å²) in [5, 5.41) is 3.05. The lowest BCUT2D eigenvalue weighted by Gasteiger charge is -2.35. The molecule has 1 fully saturated rings. The Hall–Kier alpha value is -1.00. The van der Waals surface area contributed by atoms with Gasteiger partial charge >= 0.3 is 0 Å². The Bertz CT molecular complexity index is 430. The molecule has 0 radical (unpaired) electrons. The van der Waals surface area contributed by atoms with Gasteiger partial charge in [-0.1, -0.05) is 30.3 Å². The fraction of sp³-hybridized carbons (Fsp3) is 0.588. The van der Waals surface area contributed by atoms with Gasteiger partial charge in [0.15, 0.2) is 0 Å². The first kappa shape index (κ1) is 16.4. The first-order chi connectivity index (χ1) is 10.2. The second-order valence-electron chi connectivity index (χ2n) is 5.81. The van der Waals surface area contributed by atoms with E-state index in [0.29, 0.717) is 6.54 Å². The summed E-state index contributed by atoms with van der Waals surface area (Å²) >= 11 is 1.93. The highest BCUT2D eigenvalue weighted by molar-refractivity contribution is 7.98. The summed E-state index contributed by atoms with van der Waals surface area (Å²) < 4.78 is 0. The standard InChI is InChI=1S/C17H26N2OS/c1-14(19-10-8-16(9-11-19)13-21-2)17(20)18-12-15-6-4-3-5-7-15/h3-7,14,16H,8-13H2,1-2H3,(H,18,20)/t14-/m1/s1. The third-order valence-electron chi connectivity index (χ3n) is 4.29. The molecule has 116 valence electrons. The zero-order valence-corrected chi connectivity index (χ0v) is 13.9.